The first kappa shape index (κ1) is 17.5. The molecule has 1 aromatic heterocycles. The Morgan fingerprint density at radius 2 is 2.14 bits per heavy atom. The van der Waals surface area contributed by atoms with Crippen LogP contribution in [0.5, 0.6) is 0 Å². The van der Waals surface area contributed by atoms with Crippen LogP contribution in [0, 0.1) is 0 Å². The highest BCUT2D eigenvalue weighted by molar-refractivity contribution is 7.89. The summed E-state index contributed by atoms with van der Waals surface area (Å²) in [7, 11) is -3.58. The Bertz CT molecular complexity index is 587. The number of nitrogens with one attached hydrogen (secondary N) is 1. The number of piperidine rings is 1. The van der Waals surface area contributed by atoms with Crippen molar-refractivity contribution in [3.8, 4) is 0 Å². The van der Waals surface area contributed by atoms with Crippen LogP contribution in [0.15, 0.2) is 11.0 Å². The summed E-state index contributed by atoms with van der Waals surface area (Å²) in [6.45, 7) is 5.30. The fourth-order valence-corrected chi connectivity index (χ4v) is 6.30. The van der Waals surface area contributed by atoms with Gasteiger partial charge in [0.25, 0.3) is 0 Å². The predicted octanol–water partition coefficient (Wildman–Crippen LogP) is 3.60. The molecule has 1 N–H and O–H groups in total. The summed E-state index contributed by atoms with van der Waals surface area (Å²) in [5.74, 6) is 0. The summed E-state index contributed by atoms with van der Waals surface area (Å²) in [4.78, 5) is 0.135. The van der Waals surface area contributed by atoms with E-state index in [4.69, 9.17) is 23.2 Å². The topological polar surface area (TPSA) is 49.4 Å². The third-order valence-corrected chi connectivity index (χ3v) is 7.25. The molecule has 0 aromatic carbocycles. The van der Waals surface area contributed by atoms with Crippen LogP contribution < -0.4 is 5.32 Å². The maximum absolute atomic E-state index is 12.8. The van der Waals surface area contributed by atoms with Gasteiger partial charge in [-0.15, -0.1) is 11.3 Å². The van der Waals surface area contributed by atoms with Crippen LogP contribution in [-0.2, 0) is 10.0 Å². The van der Waals surface area contributed by atoms with Gasteiger partial charge < -0.3 is 5.32 Å². The molecule has 1 unspecified atom stereocenters. The summed E-state index contributed by atoms with van der Waals surface area (Å²) in [5.41, 5.74) is 0. The molecule has 0 aliphatic carbocycles. The normalized spacial score (nSPS) is 21.1. The van der Waals surface area contributed by atoms with Gasteiger partial charge in [-0.2, -0.15) is 4.31 Å². The van der Waals surface area contributed by atoms with E-state index in [1.54, 1.807) is 4.31 Å². The average molecular weight is 371 g/mol. The molecule has 2 rings (SSSR count). The van der Waals surface area contributed by atoms with E-state index in [-0.39, 0.29) is 15.3 Å². The molecule has 1 fully saturated rings. The van der Waals surface area contributed by atoms with Gasteiger partial charge in [0.05, 0.1) is 4.34 Å². The Morgan fingerprint density at radius 1 is 1.43 bits per heavy atom. The highest BCUT2D eigenvalue weighted by Crippen LogP contribution is 2.37. The van der Waals surface area contributed by atoms with Gasteiger partial charge in [0.1, 0.15) is 9.23 Å². The van der Waals surface area contributed by atoms with E-state index < -0.39 is 10.0 Å². The molecular formula is C13H20Cl2N2O2S2. The van der Waals surface area contributed by atoms with Gasteiger partial charge in [-0.05, 0) is 18.9 Å². The highest BCUT2D eigenvalue weighted by atomic mass is 35.5. The van der Waals surface area contributed by atoms with Crippen molar-refractivity contribution in [2.24, 2.45) is 0 Å². The minimum absolute atomic E-state index is 0.0270. The van der Waals surface area contributed by atoms with Crippen molar-refractivity contribution in [3.05, 3.63) is 14.7 Å². The molecule has 4 nitrogen and oxygen atoms in total. The van der Waals surface area contributed by atoms with Crippen LogP contribution >= 0.6 is 34.5 Å². The molecule has 0 radical (unpaired) electrons. The molecule has 1 aliphatic rings. The third kappa shape index (κ3) is 4.12. The Balaban J connectivity index is 2.25. The van der Waals surface area contributed by atoms with Gasteiger partial charge in [-0.3, -0.25) is 0 Å². The number of nitrogens with zero attached hydrogens (tertiary/aromatic N) is 1. The lowest BCUT2D eigenvalue weighted by Gasteiger charge is -2.35. The molecule has 1 aliphatic heterocycles. The van der Waals surface area contributed by atoms with E-state index in [1.807, 2.05) is 0 Å². The molecule has 1 atom stereocenters. The van der Waals surface area contributed by atoms with Gasteiger partial charge in [0, 0.05) is 25.2 Å². The molecule has 1 aromatic rings. The Hall–Kier alpha value is 0.150. The van der Waals surface area contributed by atoms with Gasteiger partial charge in [0.2, 0.25) is 10.0 Å². The quantitative estimate of drug-likeness (QED) is 0.861. The summed E-state index contributed by atoms with van der Waals surface area (Å²) in [6, 6.07) is 1.75. The highest BCUT2D eigenvalue weighted by Gasteiger charge is 2.35. The van der Waals surface area contributed by atoms with Crippen molar-refractivity contribution in [1.82, 2.24) is 9.62 Å². The number of thiophene rings is 1. The van der Waals surface area contributed by atoms with Crippen molar-refractivity contribution >= 4 is 44.6 Å². The van der Waals surface area contributed by atoms with Gasteiger partial charge in [-0.1, -0.05) is 43.5 Å². The molecule has 0 spiro atoms. The molecule has 1 saturated heterocycles. The molecule has 0 bridgehead atoms. The van der Waals surface area contributed by atoms with Crippen LogP contribution in [0.2, 0.25) is 8.67 Å². The first-order valence-electron chi connectivity index (χ1n) is 7.02. The van der Waals surface area contributed by atoms with Crippen molar-refractivity contribution < 1.29 is 8.42 Å². The molecule has 0 saturated carbocycles. The molecule has 120 valence electrons. The van der Waals surface area contributed by atoms with E-state index in [2.05, 4.69) is 19.2 Å². The van der Waals surface area contributed by atoms with Gasteiger partial charge in [-0.25, -0.2) is 8.42 Å². The first-order valence-corrected chi connectivity index (χ1v) is 10.0. The summed E-state index contributed by atoms with van der Waals surface area (Å²) >= 11 is 13.0. The number of sulfonamides is 1. The van der Waals surface area contributed by atoms with Crippen LogP contribution in [0.4, 0.5) is 0 Å². The van der Waals surface area contributed by atoms with Crippen LogP contribution in [-0.4, -0.2) is 37.9 Å². The second kappa shape index (κ2) is 7.15. The van der Waals surface area contributed by atoms with E-state index in [9.17, 15) is 8.42 Å². The summed E-state index contributed by atoms with van der Waals surface area (Å²) in [6.07, 6.45) is 2.80. The lowest BCUT2D eigenvalue weighted by Crippen LogP contribution is -2.49. The number of rotatable bonds is 5. The SMILES string of the molecule is CC(C)NCC1CCCCN1S(=O)(=O)c1cc(Cl)sc1Cl. The maximum atomic E-state index is 12.8. The monoisotopic (exact) mass is 370 g/mol. The number of hydrogen-bond donors (Lipinski definition) is 1. The number of halogens is 2. The fraction of sp³-hybridized carbons (Fsp3) is 0.692. The summed E-state index contributed by atoms with van der Waals surface area (Å²) < 4.78 is 27.9. The smallest absolute Gasteiger partial charge is 0.245 e. The van der Waals surface area contributed by atoms with E-state index >= 15 is 0 Å². The lowest BCUT2D eigenvalue weighted by atomic mass is 10.0. The van der Waals surface area contributed by atoms with Crippen molar-refractivity contribution in [1.29, 1.82) is 0 Å². The van der Waals surface area contributed by atoms with Gasteiger partial charge >= 0.3 is 0 Å². The first-order chi connectivity index (χ1) is 9.82. The average Bonchev–Trinajstić information content (AvgIpc) is 2.76. The zero-order chi connectivity index (χ0) is 15.6. The Kier molecular flexibility index (Phi) is 5.96. The van der Waals surface area contributed by atoms with Crippen LogP contribution in [0.1, 0.15) is 33.1 Å². The second-order valence-electron chi connectivity index (χ2n) is 5.52. The minimum Gasteiger partial charge on any atom is -0.313 e. The molecule has 0 amide bonds. The van der Waals surface area contributed by atoms with E-state index in [1.165, 1.54) is 6.07 Å². The van der Waals surface area contributed by atoms with Crippen molar-refractivity contribution in [3.63, 3.8) is 0 Å². The molecular weight excluding hydrogens is 351 g/mol. The standard InChI is InChI=1S/C13H20Cl2N2O2S2/c1-9(2)16-8-10-5-3-4-6-17(10)21(18,19)11-7-12(14)20-13(11)15/h7,9-10,16H,3-6,8H2,1-2H3. The maximum Gasteiger partial charge on any atom is 0.245 e. The molecule has 2 heterocycles. The van der Waals surface area contributed by atoms with Crippen molar-refractivity contribution in [2.45, 2.75) is 50.1 Å². The van der Waals surface area contributed by atoms with E-state index in [0.717, 1.165) is 30.6 Å². The number of hydrogen-bond acceptors (Lipinski definition) is 4. The predicted molar refractivity (Wildman–Crippen MR) is 89.0 cm³/mol. The van der Waals surface area contributed by atoms with Gasteiger partial charge in [0.15, 0.2) is 0 Å². The van der Waals surface area contributed by atoms with Crippen LogP contribution in [0.3, 0.4) is 0 Å². The fourth-order valence-electron chi connectivity index (χ4n) is 2.49. The Morgan fingerprint density at radius 3 is 2.71 bits per heavy atom. The summed E-state index contributed by atoms with van der Waals surface area (Å²) in [5, 5.41) is 3.33. The van der Waals surface area contributed by atoms with Crippen molar-refractivity contribution in [2.75, 3.05) is 13.1 Å². The second-order valence-corrected chi connectivity index (χ2v) is 9.66. The largest absolute Gasteiger partial charge is 0.313 e. The van der Waals surface area contributed by atoms with E-state index in [0.29, 0.717) is 23.5 Å². The third-order valence-electron chi connectivity index (χ3n) is 3.55. The minimum atomic E-state index is -3.58. The zero-order valence-corrected chi connectivity index (χ0v) is 15.2. The Labute approximate surface area is 140 Å². The van der Waals surface area contributed by atoms with Crippen LogP contribution in [0.25, 0.3) is 0 Å². The lowest BCUT2D eigenvalue weighted by molar-refractivity contribution is 0.242. The molecule has 8 heteroatoms. The molecule has 21 heavy (non-hydrogen) atoms. The zero-order valence-electron chi connectivity index (χ0n) is 12.1.